The molecule has 0 bridgehead atoms. The van der Waals surface area contributed by atoms with Gasteiger partial charge in [-0.15, -0.1) is 0 Å². The van der Waals surface area contributed by atoms with Gasteiger partial charge in [0, 0.05) is 5.56 Å². The van der Waals surface area contributed by atoms with Crippen molar-refractivity contribution in [1.29, 1.82) is 0 Å². The summed E-state index contributed by atoms with van der Waals surface area (Å²) in [7, 11) is 0. The number of rotatable bonds is 9. The van der Waals surface area contributed by atoms with Crippen LogP contribution in [-0.4, -0.2) is 25.1 Å². The highest BCUT2D eigenvalue weighted by Gasteiger charge is 2.13. The van der Waals surface area contributed by atoms with Crippen LogP contribution < -0.4 is 15.2 Å². The summed E-state index contributed by atoms with van der Waals surface area (Å²) in [6.07, 6.45) is 0.879. The van der Waals surface area contributed by atoms with E-state index in [2.05, 4.69) is 0 Å². The second-order valence-corrected chi connectivity index (χ2v) is 5.58. The predicted octanol–water partition coefficient (Wildman–Crippen LogP) is 3.33. The number of carbonyl (C=O) groups excluding carboxylic acids is 2. The highest BCUT2D eigenvalue weighted by molar-refractivity contribution is 5.92. The van der Waals surface area contributed by atoms with Crippen molar-refractivity contribution in [1.82, 2.24) is 0 Å². The van der Waals surface area contributed by atoms with E-state index in [0.29, 0.717) is 35.8 Å². The monoisotopic (exact) mass is 357 g/mol. The van der Waals surface area contributed by atoms with Gasteiger partial charge in [0.2, 0.25) is 5.91 Å². The minimum atomic E-state index is -0.498. The largest absolute Gasteiger partial charge is 0.490 e. The van der Waals surface area contributed by atoms with E-state index in [1.54, 1.807) is 42.5 Å². The molecule has 0 aliphatic carbocycles. The third kappa shape index (κ3) is 5.24. The van der Waals surface area contributed by atoms with Gasteiger partial charge in [-0.3, -0.25) is 4.79 Å². The van der Waals surface area contributed by atoms with E-state index in [1.165, 1.54) is 0 Å². The minimum absolute atomic E-state index is 0.0932. The zero-order chi connectivity index (χ0) is 18.9. The van der Waals surface area contributed by atoms with Gasteiger partial charge in [-0.1, -0.05) is 19.1 Å². The molecule has 0 aromatic heterocycles. The average molecular weight is 357 g/mol. The molecule has 2 N–H and O–H groups in total. The molecule has 0 saturated heterocycles. The number of esters is 1. The molecule has 0 unspecified atom stereocenters. The quantitative estimate of drug-likeness (QED) is 0.696. The molecule has 2 aromatic carbocycles. The van der Waals surface area contributed by atoms with E-state index in [9.17, 15) is 9.59 Å². The van der Waals surface area contributed by atoms with E-state index < -0.39 is 11.9 Å². The fourth-order valence-corrected chi connectivity index (χ4v) is 2.23. The van der Waals surface area contributed by atoms with E-state index in [0.717, 1.165) is 12.0 Å². The van der Waals surface area contributed by atoms with E-state index in [1.807, 2.05) is 13.8 Å². The lowest BCUT2D eigenvalue weighted by molar-refractivity contribution is 0.0472. The topological polar surface area (TPSA) is 87.9 Å². The second kappa shape index (κ2) is 9.46. The van der Waals surface area contributed by atoms with Crippen LogP contribution >= 0.6 is 0 Å². The molecule has 6 heteroatoms. The number of hydrogen-bond donors (Lipinski definition) is 1. The Bertz CT molecular complexity index is 755. The van der Waals surface area contributed by atoms with Crippen LogP contribution in [0.15, 0.2) is 42.5 Å². The number of amides is 1. The summed E-state index contributed by atoms with van der Waals surface area (Å²) in [5.74, 6) is 0.155. The number of nitrogens with two attached hydrogens (primary N) is 1. The molecule has 0 aliphatic rings. The van der Waals surface area contributed by atoms with E-state index >= 15 is 0 Å². The Morgan fingerprint density at radius 1 is 0.923 bits per heavy atom. The van der Waals surface area contributed by atoms with Crippen molar-refractivity contribution >= 4 is 11.9 Å². The number of benzene rings is 2. The molecule has 0 spiro atoms. The summed E-state index contributed by atoms with van der Waals surface area (Å²) in [6.45, 7) is 5.01. The average Bonchev–Trinajstić information content (AvgIpc) is 2.65. The molecule has 0 aliphatic heterocycles. The van der Waals surface area contributed by atoms with Gasteiger partial charge in [0.25, 0.3) is 0 Å². The van der Waals surface area contributed by atoms with Gasteiger partial charge in [-0.05, 0) is 49.2 Å². The van der Waals surface area contributed by atoms with Gasteiger partial charge in [-0.2, -0.15) is 0 Å². The van der Waals surface area contributed by atoms with Crippen molar-refractivity contribution in [2.75, 3.05) is 13.2 Å². The number of primary amides is 1. The van der Waals surface area contributed by atoms with Crippen LogP contribution in [0.2, 0.25) is 0 Å². The first-order valence-electron chi connectivity index (χ1n) is 8.50. The summed E-state index contributed by atoms with van der Waals surface area (Å²) in [6, 6.07) is 11.6. The number of hydrogen-bond acceptors (Lipinski definition) is 5. The molecule has 2 aromatic rings. The summed E-state index contributed by atoms with van der Waals surface area (Å²) in [5.41, 5.74) is 6.74. The van der Waals surface area contributed by atoms with Crippen LogP contribution in [0.3, 0.4) is 0 Å². The summed E-state index contributed by atoms with van der Waals surface area (Å²) in [5, 5.41) is 0. The molecule has 0 atom stereocenters. The van der Waals surface area contributed by atoms with Crippen LogP contribution in [0.5, 0.6) is 11.5 Å². The fraction of sp³-hybridized carbons (Fsp3) is 0.300. The smallest absolute Gasteiger partial charge is 0.338 e. The van der Waals surface area contributed by atoms with Gasteiger partial charge in [-0.25, -0.2) is 4.79 Å². The van der Waals surface area contributed by atoms with Gasteiger partial charge in [0.05, 0.1) is 18.8 Å². The van der Waals surface area contributed by atoms with Crippen LogP contribution in [-0.2, 0) is 11.3 Å². The normalized spacial score (nSPS) is 10.2. The lowest BCUT2D eigenvalue weighted by Crippen LogP contribution is -2.11. The SMILES string of the molecule is CCCOc1ccc(C(=O)OCc2ccc(C(N)=O)cc2)cc1OCC. The van der Waals surface area contributed by atoms with Crippen molar-refractivity contribution < 1.29 is 23.8 Å². The van der Waals surface area contributed by atoms with Gasteiger partial charge in [0.15, 0.2) is 11.5 Å². The molecule has 2 rings (SSSR count). The Labute approximate surface area is 152 Å². The van der Waals surface area contributed by atoms with Crippen LogP contribution in [0.4, 0.5) is 0 Å². The predicted molar refractivity (Wildman–Crippen MR) is 97.5 cm³/mol. The molecule has 6 nitrogen and oxygen atoms in total. The molecule has 1 amide bonds. The van der Waals surface area contributed by atoms with E-state index in [-0.39, 0.29) is 6.61 Å². The third-order valence-electron chi connectivity index (χ3n) is 3.55. The first kappa shape index (κ1) is 19.3. The van der Waals surface area contributed by atoms with E-state index in [4.69, 9.17) is 19.9 Å². The molecule has 0 fully saturated rings. The Balaban J connectivity index is 2.03. The Kier molecular flexibility index (Phi) is 7.02. The van der Waals surface area contributed by atoms with Crippen molar-refractivity contribution in [2.24, 2.45) is 5.73 Å². The summed E-state index contributed by atoms with van der Waals surface area (Å²) in [4.78, 5) is 23.3. The standard InChI is InChI=1S/C20H23NO5/c1-3-11-25-17-10-9-16(12-18(17)24-4-2)20(23)26-13-14-5-7-15(8-6-14)19(21)22/h5-10,12H,3-4,11,13H2,1-2H3,(H2,21,22). The third-order valence-corrected chi connectivity index (χ3v) is 3.55. The van der Waals surface area contributed by atoms with Gasteiger partial charge in [0.1, 0.15) is 6.61 Å². The highest BCUT2D eigenvalue weighted by atomic mass is 16.5. The van der Waals surface area contributed by atoms with Crippen LogP contribution in [0.1, 0.15) is 46.5 Å². The molecule has 26 heavy (non-hydrogen) atoms. The minimum Gasteiger partial charge on any atom is -0.490 e. The van der Waals surface area contributed by atoms with Crippen molar-refractivity contribution in [3.63, 3.8) is 0 Å². The van der Waals surface area contributed by atoms with Gasteiger partial charge < -0.3 is 19.9 Å². The summed E-state index contributed by atoms with van der Waals surface area (Å²) >= 11 is 0. The van der Waals surface area contributed by atoms with Gasteiger partial charge >= 0.3 is 5.97 Å². The maximum atomic E-state index is 12.3. The molecule has 0 saturated carbocycles. The number of carbonyl (C=O) groups is 2. The second-order valence-electron chi connectivity index (χ2n) is 5.58. The van der Waals surface area contributed by atoms with Crippen LogP contribution in [0, 0.1) is 0 Å². The summed E-state index contributed by atoms with van der Waals surface area (Å²) < 4.78 is 16.5. The Morgan fingerprint density at radius 3 is 2.23 bits per heavy atom. The first-order chi connectivity index (χ1) is 12.5. The molecule has 0 heterocycles. The van der Waals surface area contributed by atoms with Crippen molar-refractivity contribution in [2.45, 2.75) is 26.9 Å². The van der Waals surface area contributed by atoms with Crippen molar-refractivity contribution in [3.05, 3.63) is 59.2 Å². The molecule has 138 valence electrons. The maximum Gasteiger partial charge on any atom is 0.338 e. The first-order valence-corrected chi connectivity index (χ1v) is 8.50. The fourth-order valence-electron chi connectivity index (χ4n) is 2.23. The molecule has 0 radical (unpaired) electrons. The Hall–Kier alpha value is -3.02. The molecular formula is C20H23NO5. The lowest BCUT2D eigenvalue weighted by atomic mass is 10.1. The Morgan fingerprint density at radius 2 is 1.62 bits per heavy atom. The zero-order valence-corrected chi connectivity index (χ0v) is 15.0. The highest BCUT2D eigenvalue weighted by Crippen LogP contribution is 2.29. The van der Waals surface area contributed by atoms with Crippen LogP contribution in [0.25, 0.3) is 0 Å². The van der Waals surface area contributed by atoms with Crippen molar-refractivity contribution in [3.8, 4) is 11.5 Å². The zero-order valence-electron chi connectivity index (χ0n) is 15.0. The maximum absolute atomic E-state index is 12.3. The molecular weight excluding hydrogens is 334 g/mol. The number of ether oxygens (including phenoxy) is 3. The lowest BCUT2D eigenvalue weighted by Gasteiger charge is -2.13.